The number of esters is 1. The number of nitrogens with zero attached hydrogens (tertiary/aromatic N) is 1. The van der Waals surface area contributed by atoms with Gasteiger partial charge in [-0.05, 0) is 13.8 Å². The molecule has 0 saturated carbocycles. The second-order valence-electron chi connectivity index (χ2n) is 3.01. The summed E-state index contributed by atoms with van der Waals surface area (Å²) < 4.78 is 4.59. The van der Waals surface area contributed by atoms with Gasteiger partial charge in [-0.25, -0.2) is 4.98 Å². The van der Waals surface area contributed by atoms with E-state index in [1.165, 1.54) is 7.11 Å². The van der Waals surface area contributed by atoms with Crippen LogP contribution in [-0.4, -0.2) is 24.1 Å². The average molecular weight is 214 g/mol. The number of thiazole rings is 1. The number of carbonyl (C=O) groups excluding carboxylic acids is 1. The van der Waals surface area contributed by atoms with Crippen molar-refractivity contribution in [1.29, 1.82) is 0 Å². The summed E-state index contributed by atoms with van der Waals surface area (Å²) in [5.74, 6) is -0.252. The number of rotatable bonds is 4. The highest BCUT2D eigenvalue weighted by molar-refractivity contribution is 7.09. The van der Waals surface area contributed by atoms with Crippen molar-refractivity contribution in [2.45, 2.75) is 26.4 Å². The lowest BCUT2D eigenvalue weighted by molar-refractivity contribution is -0.142. The molecular formula is C9H14N2O2S. The van der Waals surface area contributed by atoms with Crippen molar-refractivity contribution in [2.75, 3.05) is 7.11 Å². The smallest absolute Gasteiger partial charge is 0.322 e. The first-order chi connectivity index (χ1) is 6.63. The van der Waals surface area contributed by atoms with Crippen LogP contribution < -0.4 is 5.32 Å². The van der Waals surface area contributed by atoms with Gasteiger partial charge in [0.1, 0.15) is 11.0 Å². The van der Waals surface area contributed by atoms with E-state index in [-0.39, 0.29) is 12.0 Å². The highest BCUT2D eigenvalue weighted by Crippen LogP contribution is 2.08. The summed E-state index contributed by atoms with van der Waals surface area (Å²) in [6, 6.07) is -0.288. The Bertz CT molecular complexity index is 312. The summed E-state index contributed by atoms with van der Waals surface area (Å²) in [7, 11) is 1.38. The van der Waals surface area contributed by atoms with Gasteiger partial charge in [0, 0.05) is 17.6 Å². The van der Waals surface area contributed by atoms with Crippen molar-refractivity contribution in [3.8, 4) is 0 Å². The Kier molecular flexibility index (Phi) is 4.03. The SMILES string of the molecule is COC(=O)[C@H](C)NCc1nc(C)cs1. The molecule has 0 amide bonds. The predicted molar refractivity (Wildman–Crippen MR) is 55.2 cm³/mol. The monoisotopic (exact) mass is 214 g/mol. The number of nitrogens with one attached hydrogen (secondary N) is 1. The number of hydrogen-bond acceptors (Lipinski definition) is 5. The maximum absolute atomic E-state index is 11.0. The number of carbonyl (C=O) groups is 1. The van der Waals surface area contributed by atoms with E-state index in [4.69, 9.17) is 0 Å². The lowest BCUT2D eigenvalue weighted by Crippen LogP contribution is -2.34. The predicted octanol–water partition coefficient (Wildman–Crippen LogP) is 1.10. The molecule has 78 valence electrons. The highest BCUT2D eigenvalue weighted by atomic mass is 32.1. The summed E-state index contributed by atoms with van der Waals surface area (Å²) in [4.78, 5) is 15.3. The van der Waals surface area contributed by atoms with E-state index >= 15 is 0 Å². The lowest BCUT2D eigenvalue weighted by Gasteiger charge is -2.09. The van der Waals surface area contributed by atoms with Gasteiger partial charge in [0.15, 0.2) is 0 Å². The molecule has 0 aliphatic carbocycles. The minimum absolute atomic E-state index is 0.252. The number of aryl methyl sites for hydroxylation is 1. The number of aromatic nitrogens is 1. The van der Waals surface area contributed by atoms with Crippen molar-refractivity contribution in [3.63, 3.8) is 0 Å². The van der Waals surface area contributed by atoms with E-state index in [2.05, 4.69) is 15.0 Å². The third kappa shape index (κ3) is 3.08. The molecule has 0 fully saturated rings. The molecule has 5 heteroatoms. The Morgan fingerprint density at radius 2 is 2.50 bits per heavy atom. The fourth-order valence-electron chi connectivity index (χ4n) is 0.984. The van der Waals surface area contributed by atoms with Gasteiger partial charge in [-0.3, -0.25) is 10.1 Å². The maximum Gasteiger partial charge on any atom is 0.322 e. The minimum Gasteiger partial charge on any atom is -0.468 e. The second kappa shape index (κ2) is 5.07. The van der Waals surface area contributed by atoms with Crippen LogP contribution >= 0.6 is 11.3 Å². The fraction of sp³-hybridized carbons (Fsp3) is 0.556. The van der Waals surface area contributed by atoms with Crippen molar-refractivity contribution in [3.05, 3.63) is 16.1 Å². The average Bonchev–Trinajstić information content (AvgIpc) is 2.59. The van der Waals surface area contributed by atoms with Gasteiger partial charge < -0.3 is 4.74 Å². The first kappa shape index (κ1) is 11.1. The van der Waals surface area contributed by atoms with Crippen molar-refractivity contribution < 1.29 is 9.53 Å². The number of ether oxygens (including phenoxy) is 1. The van der Waals surface area contributed by atoms with Crippen LogP contribution in [0.3, 0.4) is 0 Å². The first-order valence-corrected chi connectivity index (χ1v) is 5.23. The quantitative estimate of drug-likeness (QED) is 0.763. The highest BCUT2D eigenvalue weighted by Gasteiger charge is 2.12. The molecule has 1 rings (SSSR count). The van der Waals surface area contributed by atoms with E-state index < -0.39 is 0 Å². The zero-order chi connectivity index (χ0) is 10.6. The third-order valence-corrected chi connectivity index (χ3v) is 2.75. The van der Waals surface area contributed by atoms with Gasteiger partial charge in [-0.2, -0.15) is 0 Å². The van der Waals surface area contributed by atoms with Crippen LogP contribution in [0.25, 0.3) is 0 Å². The Labute approximate surface area is 87.3 Å². The normalized spacial score (nSPS) is 12.5. The van der Waals surface area contributed by atoms with Gasteiger partial charge in [0.2, 0.25) is 0 Å². The van der Waals surface area contributed by atoms with Crippen LogP contribution in [0.4, 0.5) is 0 Å². The molecule has 0 spiro atoms. The summed E-state index contributed by atoms with van der Waals surface area (Å²) >= 11 is 1.59. The Morgan fingerprint density at radius 1 is 1.79 bits per heavy atom. The lowest BCUT2D eigenvalue weighted by atomic mass is 10.3. The molecule has 4 nitrogen and oxygen atoms in total. The first-order valence-electron chi connectivity index (χ1n) is 4.35. The second-order valence-corrected chi connectivity index (χ2v) is 3.95. The van der Waals surface area contributed by atoms with Gasteiger partial charge in [-0.1, -0.05) is 0 Å². The van der Waals surface area contributed by atoms with Gasteiger partial charge >= 0.3 is 5.97 Å². The van der Waals surface area contributed by atoms with Crippen molar-refractivity contribution in [1.82, 2.24) is 10.3 Å². The molecule has 1 aromatic rings. The van der Waals surface area contributed by atoms with Crippen LogP contribution in [-0.2, 0) is 16.1 Å². The third-order valence-electron chi connectivity index (χ3n) is 1.78. The minimum atomic E-state index is -0.288. The zero-order valence-electron chi connectivity index (χ0n) is 8.53. The van der Waals surface area contributed by atoms with Crippen LogP contribution in [0.5, 0.6) is 0 Å². The molecule has 0 saturated heterocycles. The number of hydrogen-bond donors (Lipinski definition) is 1. The van der Waals surface area contributed by atoms with E-state index in [0.717, 1.165) is 10.7 Å². The molecule has 0 aliphatic rings. The van der Waals surface area contributed by atoms with Crippen LogP contribution in [0, 0.1) is 6.92 Å². The molecule has 1 N–H and O–H groups in total. The molecule has 0 aromatic carbocycles. The van der Waals surface area contributed by atoms with Crippen molar-refractivity contribution in [2.24, 2.45) is 0 Å². The molecule has 1 atom stereocenters. The Hall–Kier alpha value is -0.940. The molecular weight excluding hydrogens is 200 g/mol. The van der Waals surface area contributed by atoms with Gasteiger partial charge in [-0.15, -0.1) is 11.3 Å². The topological polar surface area (TPSA) is 51.2 Å². The standard InChI is InChI=1S/C9H14N2O2S/c1-6-5-14-8(11-6)4-10-7(2)9(12)13-3/h5,7,10H,4H2,1-3H3/t7-/m0/s1. The molecule has 1 aromatic heterocycles. The van der Waals surface area contributed by atoms with E-state index in [1.54, 1.807) is 18.3 Å². The van der Waals surface area contributed by atoms with Crippen LogP contribution in [0.15, 0.2) is 5.38 Å². The molecule has 0 bridgehead atoms. The number of methoxy groups -OCH3 is 1. The largest absolute Gasteiger partial charge is 0.468 e. The fourth-order valence-corrected chi connectivity index (χ4v) is 1.71. The van der Waals surface area contributed by atoms with E-state index in [0.29, 0.717) is 6.54 Å². The molecule has 1 heterocycles. The Balaban J connectivity index is 2.37. The molecule has 0 radical (unpaired) electrons. The van der Waals surface area contributed by atoms with Crippen LogP contribution in [0.1, 0.15) is 17.6 Å². The summed E-state index contributed by atoms with van der Waals surface area (Å²) in [6.45, 7) is 4.32. The van der Waals surface area contributed by atoms with Gasteiger partial charge in [0.25, 0.3) is 0 Å². The summed E-state index contributed by atoms with van der Waals surface area (Å²) in [5.41, 5.74) is 1.01. The van der Waals surface area contributed by atoms with Crippen molar-refractivity contribution >= 4 is 17.3 Å². The Morgan fingerprint density at radius 3 is 3.00 bits per heavy atom. The molecule has 0 aliphatic heterocycles. The van der Waals surface area contributed by atoms with Crippen LogP contribution in [0.2, 0.25) is 0 Å². The molecule has 0 unspecified atom stereocenters. The van der Waals surface area contributed by atoms with Gasteiger partial charge in [0.05, 0.1) is 7.11 Å². The zero-order valence-corrected chi connectivity index (χ0v) is 9.35. The maximum atomic E-state index is 11.0. The van der Waals surface area contributed by atoms with E-state index in [9.17, 15) is 4.79 Å². The summed E-state index contributed by atoms with van der Waals surface area (Å²) in [6.07, 6.45) is 0. The van der Waals surface area contributed by atoms with E-state index in [1.807, 2.05) is 12.3 Å². The summed E-state index contributed by atoms with van der Waals surface area (Å²) in [5, 5.41) is 6.01. The molecule has 14 heavy (non-hydrogen) atoms.